The fraction of sp³-hybridized carbons (Fsp3) is 0.458. The lowest BCUT2D eigenvalue weighted by Crippen LogP contribution is -2.55. The van der Waals surface area contributed by atoms with E-state index in [0.29, 0.717) is 22.2 Å². The molecular weight excluding hydrogens is 498 g/mol. The first-order valence-electron chi connectivity index (χ1n) is 11.6. The molecule has 12 heteroatoms. The lowest BCUT2D eigenvalue weighted by Gasteiger charge is -2.44. The highest BCUT2D eigenvalue weighted by Gasteiger charge is 2.63. The van der Waals surface area contributed by atoms with Crippen molar-refractivity contribution in [2.75, 3.05) is 18.4 Å². The number of hydrogen-bond acceptors (Lipinski definition) is 7. The Morgan fingerprint density at radius 3 is 2.64 bits per heavy atom. The van der Waals surface area contributed by atoms with Gasteiger partial charge in [0.15, 0.2) is 5.69 Å². The van der Waals surface area contributed by atoms with Gasteiger partial charge < -0.3 is 10.2 Å². The molecule has 0 radical (unpaired) electrons. The molecule has 1 N–H and O–H groups in total. The fourth-order valence-corrected chi connectivity index (χ4v) is 5.55. The highest BCUT2D eigenvalue weighted by Crippen LogP contribution is 2.54. The van der Waals surface area contributed by atoms with Crippen LogP contribution in [0.4, 0.5) is 23.5 Å². The smallest absolute Gasteiger partial charge is 0.348 e. The lowest BCUT2D eigenvalue weighted by molar-refractivity contribution is -0.242. The largest absolute Gasteiger partial charge is 0.401 e. The van der Waals surface area contributed by atoms with Gasteiger partial charge in [0.25, 0.3) is 5.91 Å². The maximum absolute atomic E-state index is 13.5. The van der Waals surface area contributed by atoms with Crippen LogP contribution in [0.1, 0.15) is 54.7 Å². The molecule has 1 aliphatic heterocycles. The maximum atomic E-state index is 13.5. The summed E-state index contributed by atoms with van der Waals surface area (Å²) in [5, 5.41) is 4.85. The van der Waals surface area contributed by atoms with Crippen LogP contribution >= 0.6 is 11.3 Å². The van der Waals surface area contributed by atoms with Crippen LogP contribution in [-0.2, 0) is 4.79 Å². The van der Waals surface area contributed by atoms with Crippen molar-refractivity contribution in [2.24, 2.45) is 11.3 Å². The van der Waals surface area contributed by atoms with Gasteiger partial charge in [-0.15, -0.1) is 11.3 Å². The lowest BCUT2D eigenvalue weighted by atomic mass is 9.63. The Balaban J connectivity index is 1.28. The topological polar surface area (TPSA) is 88.1 Å². The molecule has 3 aromatic heterocycles. The summed E-state index contributed by atoms with van der Waals surface area (Å²) in [7, 11) is 0. The highest BCUT2D eigenvalue weighted by molar-refractivity contribution is 7.17. The molecule has 1 aliphatic carbocycles. The minimum Gasteiger partial charge on any atom is -0.348 e. The number of thiophene rings is 1. The van der Waals surface area contributed by atoms with Crippen molar-refractivity contribution in [1.29, 1.82) is 0 Å². The van der Waals surface area contributed by atoms with Crippen LogP contribution in [0, 0.1) is 17.2 Å². The van der Waals surface area contributed by atoms with E-state index in [-0.39, 0.29) is 61.9 Å². The molecule has 0 bridgehead atoms. The maximum Gasteiger partial charge on any atom is 0.401 e. The summed E-state index contributed by atoms with van der Waals surface area (Å²) >= 11 is 1.31. The average molecular weight is 522 g/mol. The van der Waals surface area contributed by atoms with Gasteiger partial charge in [0, 0.05) is 31.6 Å². The zero-order valence-corrected chi connectivity index (χ0v) is 20.1. The third kappa shape index (κ3) is 4.31. The predicted octanol–water partition coefficient (Wildman–Crippen LogP) is 5.16. The second-order valence-corrected chi connectivity index (χ2v) is 10.4. The van der Waals surface area contributed by atoms with Crippen molar-refractivity contribution >= 4 is 39.2 Å². The van der Waals surface area contributed by atoms with Crippen LogP contribution in [0.15, 0.2) is 29.9 Å². The summed E-state index contributed by atoms with van der Waals surface area (Å²) < 4.78 is 54.5. The van der Waals surface area contributed by atoms with Gasteiger partial charge in [0.05, 0.1) is 22.5 Å². The van der Waals surface area contributed by atoms with E-state index in [1.54, 1.807) is 18.4 Å². The molecule has 1 amide bonds. The van der Waals surface area contributed by atoms with Crippen molar-refractivity contribution in [3.63, 3.8) is 0 Å². The molecule has 0 unspecified atom stereocenters. The molecule has 2 fully saturated rings. The first kappa shape index (κ1) is 24.5. The monoisotopic (exact) mass is 521 g/mol. The molecule has 7 nitrogen and oxygen atoms in total. The number of aromatic nitrogens is 3. The number of halogens is 4. The van der Waals surface area contributed by atoms with E-state index in [1.165, 1.54) is 28.5 Å². The summed E-state index contributed by atoms with van der Waals surface area (Å²) in [6, 6.07) is 2.71. The Labute approximate surface area is 207 Å². The quantitative estimate of drug-likeness (QED) is 0.432. The van der Waals surface area contributed by atoms with Gasteiger partial charge in [-0.2, -0.15) is 13.2 Å². The normalized spacial score (nSPS) is 18.4. The minimum atomic E-state index is -4.53. The Morgan fingerprint density at radius 2 is 2.00 bits per heavy atom. The molecule has 0 aromatic carbocycles. The van der Waals surface area contributed by atoms with E-state index >= 15 is 0 Å². The van der Waals surface area contributed by atoms with Crippen LogP contribution in [0.5, 0.6) is 0 Å². The molecule has 1 atom stereocenters. The summed E-state index contributed by atoms with van der Waals surface area (Å²) in [6.07, 6.45) is -2.00. The number of ketones is 1. The van der Waals surface area contributed by atoms with Gasteiger partial charge >= 0.3 is 6.18 Å². The average Bonchev–Trinajstić information content (AvgIpc) is 3.21. The number of rotatable bonds is 7. The van der Waals surface area contributed by atoms with Gasteiger partial charge in [0.2, 0.25) is 5.95 Å². The molecule has 2 aliphatic rings. The Hall–Kier alpha value is -3.15. The van der Waals surface area contributed by atoms with E-state index in [4.69, 9.17) is 0 Å². The molecule has 190 valence electrons. The van der Waals surface area contributed by atoms with E-state index < -0.39 is 23.2 Å². The van der Waals surface area contributed by atoms with Gasteiger partial charge in [-0.25, -0.2) is 14.4 Å². The number of hydrogen-bond donors (Lipinski definition) is 1. The van der Waals surface area contributed by atoms with Gasteiger partial charge in [0.1, 0.15) is 17.0 Å². The third-order valence-electron chi connectivity index (χ3n) is 7.08. The van der Waals surface area contributed by atoms with E-state index in [0.717, 1.165) is 6.20 Å². The number of carbonyl (C=O) groups is 2. The summed E-state index contributed by atoms with van der Waals surface area (Å²) in [4.78, 5) is 39.9. The SMILES string of the molecule is C[C@H](Nc1nc(C(=O)N2CC(CC(=O)C3(C(F)(F)F)CCC3)C2)c2sccc2n1)c1cncc(F)c1. The number of amides is 1. The van der Waals surface area contributed by atoms with E-state index in [2.05, 4.69) is 20.3 Å². The highest BCUT2D eigenvalue weighted by atomic mass is 32.1. The molecule has 3 aromatic rings. The first-order chi connectivity index (χ1) is 17.1. The summed E-state index contributed by atoms with van der Waals surface area (Å²) in [6.45, 7) is 2.18. The molecule has 1 saturated heterocycles. The van der Waals surface area contributed by atoms with Crippen LogP contribution in [0.2, 0.25) is 0 Å². The fourth-order valence-electron chi connectivity index (χ4n) is 4.74. The Kier molecular flexibility index (Phi) is 6.17. The van der Waals surface area contributed by atoms with Crippen LogP contribution in [-0.4, -0.2) is 50.8 Å². The minimum absolute atomic E-state index is 0.151. The molecule has 36 heavy (non-hydrogen) atoms. The van der Waals surface area contributed by atoms with Crippen molar-refractivity contribution < 1.29 is 27.2 Å². The number of nitrogens with zero attached hydrogens (tertiary/aromatic N) is 4. The summed E-state index contributed by atoms with van der Waals surface area (Å²) in [5.74, 6) is -1.74. The van der Waals surface area contributed by atoms with Crippen molar-refractivity contribution in [1.82, 2.24) is 19.9 Å². The van der Waals surface area contributed by atoms with E-state index in [1.807, 2.05) is 0 Å². The second kappa shape index (κ2) is 9.06. The number of fused-ring (bicyclic) bond motifs is 1. The molecule has 1 saturated carbocycles. The van der Waals surface area contributed by atoms with Crippen LogP contribution in [0.3, 0.4) is 0 Å². The molecule has 5 rings (SSSR count). The summed E-state index contributed by atoms with van der Waals surface area (Å²) in [5.41, 5.74) is -0.885. The molecule has 0 spiro atoms. The number of anilines is 1. The third-order valence-corrected chi connectivity index (χ3v) is 7.99. The van der Waals surface area contributed by atoms with Crippen molar-refractivity contribution in [3.8, 4) is 0 Å². The van der Waals surface area contributed by atoms with Crippen LogP contribution < -0.4 is 5.32 Å². The Bertz CT molecular complexity index is 1320. The predicted molar refractivity (Wildman–Crippen MR) is 125 cm³/mol. The molecular formula is C24H23F4N5O2S. The number of likely N-dealkylation sites (tertiary alicyclic amines) is 1. The zero-order valence-electron chi connectivity index (χ0n) is 19.3. The first-order valence-corrected chi connectivity index (χ1v) is 12.5. The van der Waals surface area contributed by atoms with Gasteiger partial charge in [-0.05, 0) is 42.8 Å². The number of alkyl halides is 3. The number of nitrogens with one attached hydrogen (secondary N) is 1. The van der Waals surface area contributed by atoms with Gasteiger partial charge in [-0.3, -0.25) is 14.6 Å². The number of Topliss-reactive ketones (excluding diaryl/α,β-unsaturated/α-hetero) is 1. The number of pyridine rings is 1. The Morgan fingerprint density at radius 1 is 1.25 bits per heavy atom. The standard InChI is InChI=1S/C24H23F4N5O2S/c1-13(15-8-16(25)10-29-9-15)30-22-31-17-3-6-36-20(17)19(32-22)21(35)33-11-14(12-33)7-18(34)23(4-2-5-23)24(26,27)28/h3,6,8-10,13-14H,2,4-5,7,11-12H2,1H3,(H,30,31,32)/t13-/m0/s1. The van der Waals surface area contributed by atoms with Gasteiger partial charge in [-0.1, -0.05) is 6.42 Å². The second-order valence-electron chi connectivity index (χ2n) is 9.47. The van der Waals surface area contributed by atoms with Crippen molar-refractivity contribution in [2.45, 2.75) is 44.8 Å². The molecule has 4 heterocycles. The number of carbonyl (C=O) groups excluding carboxylic acids is 2. The van der Waals surface area contributed by atoms with Crippen molar-refractivity contribution in [3.05, 3.63) is 47.0 Å². The zero-order chi connectivity index (χ0) is 25.7. The van der Waals surface area contributed by atoms with Crippen LogP contribution in [0.25, 0.3) is 10.2 Å². The van der Waals surface area contributed by atoms with E-state index in [9.17, 15) is 27.2 Å².